The quantitative estimate of drug-likeness (QED) is 0.661. The number of nitrogens with zero attached hydrogens (tertiary/aromatic N) is 2. The largest absolute Gasteiger partial charge is 0.481 e. The smallest absolute Gasteiger partial charge is 0.319 e. The molecule has 19 heavy (non-hydrogen) atoms. The summed E-state index contributed by atoms with van der Waals surface area (Å²) in [5.41, 5.74) is 0. The Kier molecular flexibility index (Phi) is 4.04. The van der Waals surface area contributed by atoms with E-state index in [4.69, 9.17) is 5.11 Å². The molecule has 106 valence electrons. The summed E-state index contributed by atoms with van der Waals surface area (Å²) < 4.78 is 4.59. The third kappa shape index (κ3) is 3.23. The van der Waals surface area contributed by atoms with Gasteiger partial charge in [0.05, 0.1) is 25.5 Å². The SMILES string of the molecule is COC(=O)CN1CCN(C(=O)C2CC2C(=O)O)CC1. The number of carbonyl (C=O) groups is 3. The standard InChI is InChI=1S/C12H18N2O5/c1-19-10(15)7-13-2-4-14(5-3-13)11(16)8-6-9(8)12(17)18/h8-9H,2-7H2,1H3,(H,17,18). The Bertz CT molecular complexity index is 390. The first kappa shape index (κ1) is 13.8. The van der Waals surface area contributed by atoms with Crippen molar-refractivity contribution < 1.29 is 24.2 Å². The van der Waals surface area contributed by atoms with Crippen molar-refractivity contribution in [3.63, 3.8) is 0 Å². The molecule has 1 saturated carbocycles. The zero-order valence-corrected chi connectivity index (χ0v) is 10.9. The molecule has 1 aliphatic heterocycles. The van der Waals surface area contributed by atoms with E-state index in [1.807, 2.05) is 4.90 Å². The van der Waals surface area contributed by atoms with Gasteiger partial charge in [-0.25, -0.2) is 0 Å². The molecule has 1 N–H and O–H groups in total. The van der Waals surface area contributed by atoms with Crippen LogP contribution < -0.4 is 0 Å². The van der Waals surface area contributed by atoms with E-state index < -0.39 is 11.9 Å². The van der Waals surface area contributed by atoms with Gasteiger partial charge in [0, 0.05) is 26.2 Å². The van der Waals surface area contributed by atoms with Gasteiger partial charge in [0.1, 0.15) is 0 Å². The summed E-state index contributed by atoms with van der Waals surface area (Å²) in [6.45, 7) is 2.55. The Hall–Kier alpha value is -1.63. The predicted octanol–water partition coefficient (Wildman–Crippen LogP) is -0.976. The Balaban J connectivity index is 1.76. The number of piperazine rings is 1. The number of hydrogen-bond acceptors (Lipinski definition) is 5. The van der Waals surface area contributed by atoms with Crippen molar-refractivity contribution in [2.75, 3.05) is 39.8 Å². The molecule has 1 heterocycles. The summed E-state index contributed by atoms with van der Waals surface area (Å²) in [4.78, 5) is 37.5. The van der Waals surface area contributed by atoms with Crippen LogP contribution in [0.25, 0.3) is 0 Å². The van der Waals surface area contributed by atoms with Crippen LogP contribution in [0.5, 0.6) is 0 Å². The average molecular weight is 270 g/mol. The van der Waals surface area contributed by atoms with E-state index in [0.717, 1.165) is 0 Å². The number of hydrogen-bond donors (Lipinski definition) is 1. The Labute approximate surface area is 111 Å². The summed E-state index contributed by atoms with van der Waals surface area (Å²) >= 11 is 0. The molecule has 7 nitrogen and oxygen atoms in total. The summed E-state index contributed by atoms with van der Waals surface area (Å²) in [6, 6.07) is 0. The van der Waals surface area contributed by atoms with Gasteiger partial charge >= 0.3 is 11.9 Å². The van der Waals surface area contributed by atoms with E-state index in [0.29, 0.717) is 32.6 Å². The zero-order chi connectivity index (χ0) is 14.0. The van der Waals surface area contributed by atoms with E-state index in [1.54, 1.807) is 4.90 Å². The average Bonchev–Trinajstić information content (AvgIpc) is 3.19. The maximum Gasteiger partial charge on any atom is 0.319 e. The number of rotatable bonds is 4. The van der Waals surface area contributed by atoms with Crippen LogP contribution in [0.4, 0.5) is 0 Å². The molecule has 0 aromatic rings. The van der Waals surface area contributed by atoms with E-state index in [2.05, 4.69) is 4.74 Å². The molecule has 0 aromatic heterocycles. The Morgan fingerprint density at radius 2 is 1.79 bits per heavy atom. The Morgan fingerprint density at radius 3 is 2.26 bits per heavy atom. The van der Waals surface area contributed by atoms with Crippen LogP contribution in [-0.4, -0.2) is 72.6 Å². The normalized spacial score (nSPS) is 26.9. The minimum atomic E-state index is -0.886. The summed E-state index contributed by atoms with van der Waals surface area (Å²) in [5, 5.41) is 8.81. The minimum Gasteiger partial charge on any atom is -0.481 e. The van der Waals surface area contributed by atoms with Crippen LogP contribution in [-0.2, 0) is 19.1 Å². The molecule has 2 rings (SSSR count). The van der Waals surface area contributed by atoms with Crippen LogP contribution in [0.3, 0.4) is 0 Å². The highest BCUT2D eigenvalue weighted by Gasteiger charge is 2.50. The molecule has 2 aliphatic rings. The number of carbonyl (C=O) groups excluding carboxylic acids is 2. The van der Waals surface area contributed by atoms with Crippen molar-refractivity contribution in [2.45, 2.75) is 6.42 Å². The van der Waals surface area contributed by atoms with Gasteiger partial charge in [-0.2, -0.15) is 0 Å². The predicted molar refractivity (Wildman–Crippen MR) is 64.3 cm³/mol. The number of aliphatic carboxylic acids is 1. The van der Waals surface area contributed by atoms with Crippen LogP contribution in [0, 0.1) is 11.8 Å². The van der Waals surface area contributed by atoms with Crippen LogP contribution in [0.15, 0.2) is 0 Å². The van der Waals surface area contributed by atoms with Crippen molar-refractivity contribution >= 4 is 17.8 Å². The molecule has 1 amide bonds. The number of carboxylic acid groups (broad SMARTS) is 1. The second kappa shape index (κ2) is 5.56. The van der Waals surface area contributed by atoms with Crippen LogP contribution in [0.1, 0.15) is 6.42 Å². The highest BCUT2D eigenvalue weighted by atomic mass is 16.5. The van der Waals surface area contributed by atoms with Gasteiger partial charge < -0.3 is 14.7 Å². The maximum absolute atomic E-state index is 12.0. The molecule has 0 bridgehead atoms. The van der Waals surface area contributed by atoms with Gasteiger partial charge in [-0.05, 0) is 6.42 Å². The summed E-state index contributed by atoms with van der Waals surface area (Å²) in [6.07, 6.45) is 0.455. The second-order valence-corrected chi connectivity index (χ2v) is 4.96. The molecule has 2 fully saturated rings. The Morgan fingerprint density at radius 1 is 1.16 bits per heavy atom. The highest BCUT2D eigenvalue weighted by molar-refractivity contribution is 5.89. The van der Waals surface area contributed by atoms with Gasteiger partial charge in [0.15, 0.2) is 0 Å². The number of ether oxygens (including phenoxy) is 1. The highest BCUT2D eigenvalue weighted by Crippen LogP contribution is 2.40. The van der Waals surface area contributed by atoms with Crippen LogP contribution in [0.2, 0.25) is 0 Å². The number of esters is 1. The van der Waals surface area contributed by atoms with Crippen molar-refractivity contribution in [3.8, 4) is 0 Å². The van der Waals surface area contributed by atoms with Crippen LogP contribution >= 0.6 is 0 Å². The second-order valence-electron chi connectivity index (χ2n) is 4.96. The number of methoxy groups -OCH3 is 1. The molecule has 0 aromatic carbocycles. The molecule has 0 spiro atoms. The van der Waals surface area contributed by atoms with Crippen molar-refractivity contribution in [3.05, 3.63) is 0 Å². The molecule has 1 saturated heterocycles. The molecule has 0 radical (unpaired) electrons. The molecule has 1 aliphatic carbocycles. The third-order valence-electron chi connectivity index (χ3n) is 3.69. The number of amides is 1. The molecule has 7 heteroatoms. The molecule has 2 unspecified atom stereocenters. The fourth-order valence-electron chi connectivity index (χ4n) is 2.35. The first-order valence-electron chi connectivity index (χ1n) is 6.33. The molecular weight excluding hydrogens is 252 g/mol. The summed E-state index contributed by atoms with van der Waals surface area (Å²) in [5.74, 6) is -2.08. The monoisotopic (exact) mass is 270 g/mol. The van der Waals surface area contributed by atoms with Crippen molar-refractivity contribution in [2.24, 2.45) is 11.8 Å². The first-order chi connectivity index (χ1) is 9.02. The lowest BCUT2D eigenvalue weighted by molar-refractivity contribution is -0.144. The third-order valence-corrected chi connectivity index (χ3v) is 3.69. The van der Waals surface area contributed by atoms with Crippen molar-refractivity contribution in [1.29, 1.82) is 0 Å². The zero-order valence-electron chi connectivity index (χ0n) is 10.9. The van der Waals surface area contributed by atoms with E-state index in [1.165, 1.54) is 7.11 Å². The lowest BCUT2D eigenvalue weighted by Crippen LogP contribution is -2.50. The maximum atomic E-state index is 12.0. The molecule has 2 atom stereocenters. The topological polar surface area (TPSA) is 87.2 Å². The van der Waals surface area contributed by atoms with Crippen molar-refractivity contribution in [1.82, 2.24) is 9.80 Å². The molecular formula is C12H18N2O5. The van der Waals surface area contributed by atoms with Gasteiger partial charge in [0.25, 0.3) is 0 Å². The number of carboxylic acids is 1. The van der Waals surface area contributed by atoms with Gasteiger partial charge in [-0.15, -0.1) is 0 Å². The lowest BCUT2D eigenvalue weighted by atomic mass is 10.2. The van der Waals surface area contributed by atoms with E-state index in [-0.39, 0.29) is 24.3 Å². The first-order valence-corrected chi connectivity index (χ1v) is 6.33. The summed E-state index contributed by atoms with van der Waals surface area (Å²) in [7, 11) is 1.35. The van der Waals surface area contributed by atoms with Gasteiger partial charge in [-0.3, -0.25) is 19.3 Å². The van der Waals surface area contributed by atoms with Gasteiger partial charge in [-0.1, -0.05) is 0 Å². The lowest BCUT2D eigenvalue weighted by Gasteiger charge is -2.34. The minimum absolute atomic E-state index is 0.0647. The fraction of sp³-hybridized carbons (Fsp3) is 0.750. The fourth-order valence-corrected chi connectivity index (χ4v) is 2.35. The van der Waals surface area contributed by atoms with Gasteiger partial charge in [0.2, 0.25) is 5.91 Å². The van der Waals surface area contributed by atoms with E-state index >= 15 is 0 Å². The van der Waals surface area contributed by atoms with E-state index in [9.17, 15) is 14.4 Å².